The predicted molar refractivity (Wildman–Crippen MR) is 78.9 cm³/mol. The summed E-state index contributed by atoms with van der Waals surface area (Å²) in [6, 6.07) is 11.7. The van der Waals surface area contributed by atoms with E-state index in [0.29, 0.717) is 0 Å². The summed E-state index contributed by atoms with van der Waals surface area (Å²) in [5.41, 5.74) is 1.53. The minimum Gasteiger partial charge on any atom is -0.314 e. The summed E-state index contributed by atoms with van der Waals surface area (Å²) in [6.07, 6.45) is 10.9. The van der Waals surface area contributed by atoms with Crippen molar-refractivity contribution in [2.24, 2.45) is 0 Å². The third kappa shape index (κ3) is 3.99. The molecule has 2 rings (SSSR count). The van der Waals surface area contributed by atoms with E-state index in [1.54, 1.807) is 0 Å². The zero-order valence-electron chi connectivity index (χ0n) is 11.4. The van der Waals surface area contributed by atoms with Gasteiger partial charge in [0.1, 0.15) is 0 Å². The van der Waals surface area contributed by atoms with Crippen molar-refractivity contribution >= 4 is 0 Å². The molecule has 1 aromatic carbocycles. The van der Waals surface area contributed by atoms with Crippen LogP contribution in [-0.4, -0.2) is 12.6 Å². The molecule has 0 unspecified atom stereocenters. The van der Waals surface area contributed by atoms with Gasteiger partial charge >= 0.3 is 0 Å². The van der Waals surface area contributed by atoms with E-state index in [0.717, 1.165) is 24.9 Å². The van der Waals surface area contributed by atoms with Gasteiger partial charge in [-0.1, -0.05) is 42.5 Å². The van der Waals surface area contributed by atoms with E-state index in [9.17, 15) is 0 Å². The van der Waals surface area contributed by atoms with Gasteiger partial charge in [0.15, 0.2) is 0 Å². The van der Waals surface area contributed by atoms with Crippen molar-refractivity contribution in [3.05, 3.63) is 48.0 Å². The molecule has 1 saturated carbocycles. The van der Waals surface area contributed by atoms with Gasteiger partial charge in [-0.15, -0.1) is 0 Å². The standard InChI is InChI=1S/C17H25N/c1-2-3-7-14-18-17-12-10-16(11-13-17)15-8-5-4-6-9-15/h2-6,8-9,16-18H,7,10-14H2,1H3/b3-2+. The molecule has 0 saturated heterocycles. The Labute approximate surface area is 111 Å². The molecule has 1 aliphatic carbocycles. The molecule has 0 bridgehead atoms. The highest BCUT2D eigenvalue weighted by molar-refractivity contribution is 5.20. The highest BCUT2D eigenvalue weighted by Gasteiger charge is 2.21. The number of nitrogens with one attached hydrogen (secondary N) is 1. The van der Waals surface area contributed by atoms with Crippen molar-refractivity contribution in [1.29, 1.82) is 0 Å². The molecule has 1 nitrogen and oxygen atoms in total. The first kappa shape index (κ1) is 13.4. The highest BCUT2D eigenvalue weighted by Crippen LogP contribution is 2.32. The fraction of sp³-hybridized carbons (Fsp3) is 0.529. The molecule has 1 heteroatoms. The number of rotatable bonds is 5. The topological polar surface area (TPSA) is 12.0 Å². The summed E-state index contributed by atoms with van der Waals surface area (Å²) in [5.74, 6) is 0.791. The zero-order valence-corrected chi connectivity index (χ0v) is 11.4. The van der Waals surface area contributed by atoms with E-state index >= 15 is 0 Å². The molecule has 0 amide bonds. The highest BCUT2D eigenvalue weighted by atomic mass is 14.9. The van der Waals surface area contributed by atoms with Crippen molar-refractivity contribution in [2.75, 3.05) is 6.54 Å². The van der Waals surface area contributed by atoms with Crippen molar-refractivity contribution in [2.45, 2.75) is 51.0 Å². The van der Waals surface area contributed by atoms with Gasteiger partial charge in [0.2, 0.25) is 0 Å². The molecule has 0 aliphatic heterocycles. The van der Waals surface area contributed by atoms with Gasteiger partial charge in [-0.2, -0.15) is 0 Å². The van der Waals surface area contributed by atoms with Gasteiger partial charge < -0.3 is 5.32 Å². The second kappa shape index (κ2) is 7.38. The fourth-order valence-corrected chi connectivity index (χ4v) is 2.89. The molecule has 1 fully saturated rings. The first-order valence-electron chi connectivity index (χ1n) is 7.29. The second-order valence-electron chi connectivity index (χ2n) is 5.27. The maximum Gasteiger partial charge on any atom is 0.00676 e. The van der Waals surface area contributed by atoms with Crippen LogP contribution in [0.5, 0.6) is 0 Å². The van der Waals surface area contributed by atoms with Gasteiger partial charge in [0.25, 0.3) is 0 Å². The van der Waals surface area contributed by atoms with Crippen LogP contribution in [0.1, 0.15) is 50.5 Å². The van der Waals surface area contributed by atoms with Crippen LogP contribution in [0.4, 0.5) is 0 Å². The summed E-state index contributed by atoms with van der Waals surface area (Å²) in [5, 5.41) is 3.68. The minimum absolute atomic E-state index is 0.746. The summed E-state index contributed by atoms with van der Waals surface area (Å²) >= 11 is 0. The third-order valence-electron chi connectivity index (χ3n) is 3.98. The van der Waals surface area contributed by atoms with Crippen LogP contribution < -0.4 is 5.32 Å². The predicted octanol–water partition coefficient (Wildman–Crippen LogP) is 4.27. The summed E-state index contributed by atoms with van der Waals surface area (Å²) in [4.78, 5) is 0. The lowest BCUT2D eigenvalue weighted by molar-refractivity contribution is 0.345. The molecule has 1 aromatic rings. The molecular weight excluding hydrogens is 218 g/mol. The van der Waals surface area contributed by atoms with E-state index in [1.165, 1.54) is 31.2 Å². The molecule has 18 heavy (non-hydrogen) atoms. The SMILES string of the molecule is C/C=C/CCNC1CCC(c2ccccc2)CC1. The Morgan fingerprint density at radius 1 is 1.11 bits per heavy atom. The first-order chi connectivity index (χ1) is 8.90. The van der Waals surface area contributed by atoms with E-state index in [1.807, 2.05) is 0 Å². The van der Waals surface area contributed by atoms with Crippen LogP contribution in [0.3, 0.4) is 0 Å². The molecule has 0 heterocycles. The number of benzene rings is 1. The van der Waals surface area contributed by atoms with Gasteiger partial charge in [0, 0.05) is 6.04 Å². The molecule has 1 N–H and O–H groups in total. The van der Waals surface area contributed by atoms with Crippen LogP contribution in [-0.2, 0) is 0 Å². The Morgan fingerprint density at radius 2 is 1.83 bits per heavy atom. The lowest BCUT2D eigenvalue weighted by Gasteiger charge is -2.29. The Bertz CT molecular complexity index is 347. The van der Waals surface area contributed by atoms with Crippen LogP contribution >= 0.6 is 0 Å². The Morgan fingerprint density at radius 3 is 2.50 bits per heavy atom. The van der Waals surface area contributed by atoms with Crippen molar-refractivity contribution in [1.82, 2.24) is 5.32 Å². The molecule has 0 atom stereocenters. The Hall–Kier alpha value is -1.08. The van der Waals surface area contributed by atoms with Crippen LogP contribution in [0.2, 0.25) is 0 Å². The van der Waals surface area contributed by atoms with Crippen molar-refractivity contribution in [3.8, 4) is 0 Å². The zero-order chi connectivity index (χ0) is 12.6. The third-order valence-corrected chi connectivity index (χ3v) is 3.98. The summed E-state index contributed by atoms with van der Waals surface area (Å²) in [6.45, 7) is 3.22. The van der Waals surface area contributed by atoms with Crippen LogP contribution in [0, 0.1) is 0 Å². The van der Waals surface area contributed by atoms with Crippen molar-refractivity contribution < 1.29 is 0 Å². The first-order valence-corrected chi connectivity index (χ1v) is 7.29. The van der Waals surface area contributed by atoms with E-state index in [-0.39, 0.29) is 0 Å². The monoisotopic (exact) mass is 243 g/mol. The van der Waals surface area contributed by atoms with Gasteiger partial charge in [-0.3, -0.25) is 0 Å². The van der Waals surface area contributed by atoms with E-state index in [4.69, 9.17) is 0 Å². The lowest BCUT2D eigenvalue weighted by atomic mass is 9.82. The Balaban J connectivity index is 1.71. The maximum atomic E-state index is 3.68. The van der Waals surface area contributed by atoms with Crippen LogP contribution in [0.15, 0.2) is 42.5 Å². The normalized spacial score (nSPS) is 24.5. The number of hydrogen-bond donors (Lipinski definition) is 1. The molecule has 0 aromatic heterocycles. The lowest BCUT2D eigenvalue weighted by Crippen LogP contribution is -2.33. The average molecular weight is 243 g/mol. The molecule has 0 spiro atoms. The maximum absolute atomic E-state index is 3.68. The van der Waals surface area contributed by atoms with E-state index in [2.05, 4.69) is 54.7 Å². The minimum atomic E-state index is 0.746. The fourth-order valence-electron chi connectivity index (χ4n) is 2.89. The second-order valence-corrected chi connectivity index (χ2v) is 5.27. The summed E-state index contributed by atoms with van der Waals surface area (Å²) in [7, 11) is 0. The smallest absolute Gasteiger partial charge is 0.00676 e. The molecule has 1 aliphatic rings. The number of hydrogen-bond acceptors (Lipinski definition) is 1. The Kier molecular flexibility index (Phi) is 5.47. The van der Waals surface area contributed by atoms with Crippen molar-refractivity contribution in [3.63, 3.8) is 0 Å². The summed E-state index contributed by atoms with van der Waals surface area (Å²) < 4.78 is 0. The van der Waals surface area contributed by atoms with Gasteiger partial charge in [-0.05, 0) is 57.1 Å². The van der Waals surface area contributed by atoms with Crippen LogP contribution in [0.25, 0.3) is 0 Å². The molecule has 98 valence electrons. The average Bonchev–Trinajstić information content (AvgIpc) is 2.45. The molecular formula is C17H25N. The van der Waals surface area contributed by atoms with Gasteiger partial charge in [-0.25, -0.2) is 0 Å². The van der Waals surface area contributed by atoms with E-state index < -0.39 is 0 Å². The van der Waals surface area contributed by atoms with Gasteiger partial charge in [0.05, 0.1) is 0 Å². The molecule has 0 radical (unpaired) electrons. The largest absolute Gasteiger partial charge is 0.314 e. The number of allylic oxidation sites excluding steroid dienone is 1. The quantitative estimate of drug-likeness (QED) is 0.601.